The molecule has 4 heteroatoms. The number of likely N-dealkylation sites (N-methyl/N-ethyl adjacent to an activating group) is 1. The predicted molar refractivity (Wildman–Crippen MR) is 61.6 cm³/mol. The van der Waals surface area contributed by atoms with Crippen LogP contribution in [0.5, 0.6) is 5.75 Å². The number of ether oxygens (including phenoxy) is 1. The first kappa shape index (κ1) is 12.3. The molecule has 0 fully saturated rings. The summed E-state index contributed by atoms with van der Waals surface area (Å²) in [4.78, 5) is 0. The Morgan fingerprint density at radius 2 is 2.20 bits per heavy atom. The van der Waals surface area contributed by atoms with Crippen LogP contribution in [-0.4, -0.2) is 25.8 Å². The molecule has 15 heavy (non-hydrogen) atoms. The summed E-state index contributed by atoms with van der Waals surface area (Å²) in [5.41, 5.74) is 1.72. The molecule has 0 saturated carbocycles. The largest absolute Gasteiger partial charge is 0.495 e. The zero-order valence-corrected chi connectivity index (χ0v) is 9.93. The molecule has 84 valence electrons. The number of aliphatic hydroxyl groups is 1. The Hall–Kier alpha value is -0.770. The van der Waals surface area contributed by atoms with Crippen LogP contribution in [0.25, 0.3) is 0 Å². The van der Waals surface area contributed by atoms with Crippen LogP contribution >= 0.6 is 11.6 Å². The van der Waals surface area contributed by atoms with Crippen LogP contribution < -0.4 is 10.1 Å². The molecule has 0 aromatic heterocycles. The number of methoxy groups -OCH3 is 1. The molecule has 0 aliphatic heterocycles. The van der Waals surface area contributed by atoms with Crippen LogP contribution in [-0.2, 0) is 0 Å². The summed E-state index contributed by atoms with van der Waals surface area (Å²) in [5.74, 6) is 0.555. The van der Waals surface area contributed by atoms with E-state index in [2.05, 4.69) is 5.32 Å². The third kappa shape index (κ3) is 2.62. The van der Waals surface area contributed by atoms with Crippen molar-refractivity contribution in [1.82, 2.24) is 5.32 Å². The lowest BCUT2D eigenvalue weighted by molar-refractivity contribution is 0.172. The first-order chi connectivity index (χ1) is 7.11. The molecule has 1 rings (SSSR count). The molecule has 1 atom stereocenters. The Balaban J connectivity index is 3.18. The summed E-state index contributed by atoms with van der Waals surface area (Å²) >= 11 is 5.99. The average molecular weight is 230 g/mol. The molecule has 0 radical (unpaired) electrons. The minimum absolute atomic E-state index is 0.470. The first-order valence-electron chi connectivity index (χ1n) is 4.77. The highest BCUT2D eigenvalue weighted by Gasteiger charge is 2.17. The molecule has 1 aromatic carbocycles. The predicted octanol–water partition coefficient (Wildman–Crippen LogP) is 1.91. The fourth-order valence-corrected chi connectivity index (χ4v) is 1.83. The van der Waals surface area contributed by atoms with Gasteiger partial charge in [-0.25, -0.2) is 0 Å². The Kier molecular flexibility index (Phi) is 4.39. The van der Waals surface area contributed by atoms with Gasteiger partial charge >= 0.3 is 0 Å². The van der Waals surface area contributed by atoms with Crippen molar-refractivity contribution in [3.8, 4) is 5.75 Å². The van der Waals surface area contributed by atoms with Crippen LogP contribution in [0.4, 0.5) is 0 Å². The SMILES string of the molecule is CNCC(O)c1c(C)ccc(Cl)c1OC. The molecular weight excluding hydrogens is 214 g/mol. The number of hydrogen-bond acceptors (Lipinski definition) is 3. The lowest BCUT2D eigenvalue weighted by atomic mass is 10.0. The maximum Gasteiger partial charge on any atom is 0.143 e. The van der Waals surface area contributed by atoms with Gasteiger partial charge in [-0.15, -0.1) is 0 Å². The quantitative estimate of drug-likeness (QED) is 0.829. The number of rotatable bonds is 4. The lowest BCUT2D eigenvalue weighted by Gasteiger charge is -2.18. The van der Waals surface area contributed by atoms with Gasteiger partial charge in [0, 0.05) is 12.1 Å². The number of nitrogens with one attached hydrogen (secondary N) is 1. The number of benzene rings is 1. The summed E-state index contributed by atoms with van der Waals surface area (Å²) in [6, 6.07) is 3.64. The zero-order valence-electron chi connectivity index (χ0n) is 9.17. The normalized spacial score (nSPS) is 12.6. The number of halogens is 1. The fourth-order valence-electron chi connectivity index (χ4n) is 1.59. The minimum Gasteiger partial charge on any atom is -0.495 e. The molecular formula is C11H16ClNO2. The highest BCUT2D eigenvalue weighted by atomic mass is 35.5. The van der Waals surface area contributed by atoms with Gasteiger partial charge in [0.2, 0.25) is 0 Å². The summed E-state index contributed by atoms with van der Waals surface area (Å²) in [5, 5.41) is 13.4. The van der Waals surface area contributed by atoms with Crippen molar-refractivity contribution in [2.24, 2.45) is 0 Å². The van der Waals surface area contributed by atoms with Crippen molar-refractivity contribution in [2.75, 3.05) is 20.7 Å². The van der Waals surface area contributed by atoms with Crippen molar-refractivity contribution in [3.05, 3.63) is 28.3 Å². The minimum atomic E-state index is -0.608. The van der Waals surface area contributed by atoms with E-state index < -0.39 is 6.10 Å². The summed E-state index contributed by atoms with van der Waals surface area (Å²) in [6.45, 7) is 2.39. The van der Waals surface area contributed by atoms with Crippen LogP contribution in [0.2, 0.25) is 5.02 Å². The highest BCUT2D eigenvalue weighted by Crippen LogP contribution is 2.34. The molecule has 3 nitrogen and oxygen atoms in total. The van der Waals surface area contributed by atoms with Gasteiger partial charge in [0.15, 0.2) is 0 Å². The van der Waals surface area contributed by atoms with Gasteiger partial charge in [0.25, 0.3) is 0 Å². The summed E-state index contributed by atoms with van der Waals surface area (Å²) < 4.78 is 5.20. The molecule has 0 saturated heterocycles. The van der Waals surface area contributed by atoms with Crippen LogP contribution in [0.15, 0.2) is 12.1 Å². The standard InChI is InChI=1S/C11H16ClNO2/c1-7-4-5-8(12)11(15-3)10(7)9(14)6-13-2/h4-5,9,13-14H,6H2,1-3H3. The van der Waals surface area contributed by atoms with E-state index in [-0.39, 0.29) is 0 Å². The van der Waals surface area contributed by atoms with Crippen molar-refractivity contribution in [3.63, 3.8) is 0 Å². The van der Waals surface area contributed by atoms with Gasteiger partial charge in [0.05, 0.1) is 18.2 Å². The monoisotopic (exact) mass is 229 g/mol. The molecule has 1 aromatic rings. The Bertz CT molecular complexity index is 342. The van der Waals surface area contributed by atoms with Crippen LogP contribution in [0, 0.1) is 6.92 Å². The van der Waals surface area contributed by atoms with Crippen molar-refractivity contribution in [2.45, 2.75) is 13.0 Å². The van der Waals surface area contributed by atoms with E-state index in [4.69, 9.17) is 16.3 Å². The Morgan fingerprint density at radius 1 is 1.53 bits per heavy atom. The second kappa shape index (κ2) is 5.35. The summed E-state index contributed by atoms with van der Waals surface area (Å²) in [7, 11) is 3.34. The van der Waals surface area contributed by atoms with E-state index in [0.717, 1.165) is 11.1 Å². The van der Waals surface area contributed by atoms with Gasteiger partial charge in [-0.3, -0.25) is 0 Å². The third-order valence-corrected chi connectivity index (χ3v) is 2.60. The van der Waals surface area contributed by atoms with E-state index in [1.807, 2.05) is 13.0 Å². The van der Waals surface area contributed by atoms with Crippen LogP contribution in [0.3, 0.4) is 0 Å². The third-order valence-electron chi connectivity index (χ3n) is 2.30. The van der Waals surface area contributed by atoms with Gasteiger partial charge < -0.3 is 15.2 Å². The fraction of sp³-hybridized carbons (Fsp3) is 0.455. The molecule has 0 bridgehead atoms. The Labute approximate surface area is 95.0 Å². The van der Waals surface area contributed by atoms with Crippen LogP contribution in [0.1, 0.15) is 17.2 Å². The highest BCUT2D eigenvalue weighted by molar-refractivity contribution is 6.32. The second-order valence-corrected chi connectivity index (χ2v) is 3.79. The molecule has 0 heterocycles. The number of aryl methyl sites for hydroxylation is 1. The van der Waals surface area contributed by atoms with Gasteiger partial charge in [0.1, 0.15) is 5.75 Å². The number of aliphatic hydroxyl groups excluding tert-OH is 1. The topological polar surface area (TPSA) is 41.5 Å². The maximum atomic E-state index is 9.94. The van der Waals surface area contributed by atoms with E-state index >= 15 is 0 Å². The molecule has 0 spiro atoms. The summed E-state index contributed by atoms with van der Waals surface area (Å²) in [6.07, 6.45) is -0.608. The average Bonchev–Trinajstić information content (AvgIpc) is 2.21. The van der Waals surface area contributed by atoms with E-state index in [1.54, 1.807) is 20.2 Å². The molecule has 0 aliphatic carbocycles. The lowest BCUT2D eigenvalue weighted by Crippen LogP contribution is -2.18. The van der Waals surface area contributed by atoms with Gasteiger partial charge in [-0.05, 0) is 25.6 Å². The molecule has 1 unspecified atom stereocenters. The van der Waals surface area contributed by atoms with Gasteiger partial charge in [-0.1, -0.05) is 17.7 Å². The second-order valence-electron chi connectivity index (χ2n) is 3.38. The maximum absolute atomic E-state index is 9.94. The Morgan fingerprint density at radius 3 is 2.73 bits per heavy atom. The zero-order chi connectivity index (χ0) is 11.4. The molecule has 0 amide bonds. The van der Waals surface area contributed by atoms with Crippen molar-refractivity contribution >= 4 is 11.6 Å². The van der Waals surface area contributed by atoms with E-state index in [1.165, 1.54) is 0 Å². The van der Waals surface area contributed by atoms with Crippen molar-refractivity contribution < 1.29 is 9.84 Å². The van der Waals surface area contributed by atoms with E-state index in [0.29, 0.717) is 17.3 Å². The van der Waals surface area contributed by atoms with E-state index in [9.17, 15) is 5.11 Å². The van der Waals surface area contributed by atoms with Crippen molar-refractivity contribution in [1.29, 1.82) is 0 Å². The molecule has 0 aliphatic rings. The first-order valence-corrected chi connectivity index (χ1v) is 5.15. The molecule has 2 N–H and O–H groups in total. The number of hydrogen-bond donors (Lipinski definition) is 2. The smallest absolute Gasteiger partial charge is 0.143 e. The van der Waals surface area contributed by atoms with Gasteiger partial charge in [-0.2, -0.15) is 0 Å².